The Hall–Kier alpha value is -2.59. The molecule has 2 atom stereocenters. The summed E-state index contributed by atoms with van der Waals surface area (Å²) in [4.78, 5) is 13.7. The lowest BCUT2D eigenvalue weighted by molar-refractivity contribution is 0.0696. The van der Waals surface area contributed by atoms with Gasteiger partial charge in [0.15, 0.2) is 0 Å². The van der Waals surface area contributed by atoms with E-state index in [9.17, 15) is 15.0 Å². The Morgan fingerprint density at radius 1 is 1.19 bits per heavy atom. The maximum absolute atomic E-state index is 11.5. The molecule has 4 heteroatoms. The number of phenols is 1. The van der Waals surface area contributed by atoms with Gasteiger partial charge < -0.3 is 15.1 Å². The van der Waals surface area contributed by atoms with Crippen LogP contribution in [0.1, 0.15) is 46.7 Å². The van der Waals surface area contributed by atoms with Crippen molar-refractivity contribution in [3.63, 3.8) is 0 Å². The van der Waals surface area contributed by atoms with Gasteiger partial charge in [-0.3, -0.25) is 0 Å². The van der Waals surface area contributed by atoms with Crippen LogP contribution in [0.2, 0.25) is 0 Å². The lowest BCUT2D eigenvalue weighted by Gasteiger charge is -2.35. The molecule has 1 fully saturated rings. The van der Waals surface area contributed by atoms with Gasteiger partial charge in [-0.05, 0) is 74.5 Å². The highest BCUT2D eigenvalue weighted by Crippen LogP contribution is 2.42. The molecule has 2 N–H and O–H groups in total. The van der Waals surface area contributed by atoms with E-state index in [1.807, 2.05) is 30.3 Å². The Balaban J connectivity index is 1.91. The maximum atomic E-state index is 11.5. The summed E-state index contributed by atoms with van der Waals surface area (Å²) in [6.07, 6.45) is 4.96. The van der Waals surface area contributed by atoms with Crippen LogP contribution in [0.3, 0.4) is 0 Å². The van der Waals surface area contributed by atoms with Crippen molar-refractivity contribution in [3.05, 3.63) is 70.8 Å². The first-order valence-corrected chi connectivity index (χ1v) is 9.39. The Morgan fingerprint density at radius 3 is 2.67 bits per heavy atom. The number of phenolic OH excluding ortho intramolecular Hbond substituents is 1. The van der Waals surface area contributed by atoms with Crippen LogP contribution in [0, 0.1) is 5.92 Å². The Labute approximate surface area is 160 Å². The first kappa shape index (κ1) is 19.2. The third kappa shape index (κ3) is 4.77. The third-order valence-electron chi connectivity index (χ3n) is 5.34. The van der Waals surface area contributed by atoms with Crippen molar-refractivity contribution in [3.8, 4) is 5.75 Å². The average molecular weight is 365 g/mol. The van der Waals surface area contributed by atoms with Gasteiger partial charge >= 0.3 is 5.97 Å². The smallest absolute Gasteiger partial charge is 0.336 e. The van der Waals surface area contributed by atoms with Crippen LogP contribution in [-0.4, -0.2) is 41.7 Å². The van der Waals surface area contributed by atoms with Gasteiger partial charge in [0.25, 0.3) is 0 Å². The van der Waals surface area contributed by atoms with Gasteiger partial charge in [-0.1, -0.05) is 42.0 Å². The van der Waals surface area contributed by atoms with Gasteiger partial charge in [-0.15, -0.1) is 0 Å². The molecule has 4 nitrogen and oxygen atoms in total. The molecular weight excluding hydrogens is 338 g/mol. The second-order valence-electron chi connectivity index (χ2n) is 7.66. The summed E-state index contributed by atoms with van der Waals surface area (Å²) in [7, 11) is 4.18. The minimum Gasteiger partial charge on any atom is -0.508 e. The third-order valence-corrected chi connectivity index (χ3v) is 5.34. The van der Waals surface area contributed by atoms with Crippen LogP contribution in [-0.2, 0) is 0 Å². The molecule has 0 saturated heterocycles. The second-order valence-corrected chi connectivity index (χ2v) is 7.66. The highest BCUT2D eigenvalue weighted by atomic mass is 16.4. The molecule has 0 unspecified atom stereocenters. The highest BCUT2D eigenvalue weighted by Gasteiger charge is 2.29. The van der Waals surface area contributed by atoms with Crippen molar-refractivity contribution in [2.45, 2.75) is 25.2 Å². The molecule has 0 spiro atoms. The fourth-order valence-electron chi connectivity index (χ4n) is 4.12. The number of carboxylic acids is 1. The van der Waals surface area contributed by atoms with E-state index in [0.717, 1.165) is 36.9 Å². The summed E-state index contributed by atoms with van der Waals surface area (Å²) in [6, 6.07) is 14.7. The molecule has 3 rings (SSSR count). The van der Waals surface area contributed by atoms with Crippen LogP contribution >= 0.6 is 0 Å². The summed E-state index contributed by atoms with van der Waals surface area (Å²) in [6.45, 7) is 0.999. The molecule has 2 aromatic rings. The van der Waals surface area contributed by atoms with Crippen molar-refractivity contribution in [2.24, 2.45) is 5.92 Å². The zero-order chi connectivity index (χ0) is 19.4. The van der Waals surface area contributed by atoms with Crippen LogP contribution < -0.4 is 0 Å². The molecule has 0 bridgehead atoms. The van der Waals surface area contributed by atoms with Crippen molar-refractivity contribution in [2.75, 3.05) is 20.6 Å². The Morgan fingerprint density at radius 2 is 1.96 bits per heavy atom. The summed E-state index contributed by atoms with van der Waals surface area (Å²) >= 11 is 0. The van der Waals surface area contributed by atoms with Gasteiger partial charge in [-0.25, -0.2) is 4.79 Å². The van der Waals surface area contributed by atoms with Gasteiger partial charge in [0.2, 0.25) is 0 Å². The van der Waals surface area contributed by atoms with E-state index in [2.05, 4.69) is 25.1 Å². The zero-order valence-electron chi connectivity index (χ0n) is 15.9. The predicted molar refractivity (Wildman–Crippen MR) is 108 cm³/mol. The molecule has 142 valence electrons. The van der Waals surface area contributed by atoms with Crippen molar-refractivity contribution < 1.29 is 15.0 Å². The summed E-state index contributed by atoms with van der Waals surface area (Å²) in [5.74, 6) is 0.224. The van der Waals surface area contributed by atoms with E-state index < -0.39 is 5.97 Å². The minimum absolute atomic E-state index is 0.295. The van der Waals surface area contributed by atoms with E-state index in [1.165, 1.54) is 5.57 Å². The number of aromatic hydroxyl groups is 1. The summed E-state index contributed by atoms with van der Waals surface area (Å²) in [5.41, 5.74) is 3.53. The van der Waals surface area contributed by atoms with Crippen molar-refractivity contribution >= 4 is 12.0 Å². The van der Waals surface area contributed by atoms with Crippen LogP contribution in [0.15, 0.2) is 54.1 Å². The first-order valence-electron chi connectivity index (χ1n) is 9.39. The van der Waals surface area contributed by atoms with Crippen LogP contribution in [0.4, 0.5) is 0 Å². The number of benzene rings is 2. The lowest BCUT2D eigenvalue weighted by atomic mass is 9.73. The number of hydrogen-bond donors (Lipinski definition) is 2. The average Bonchev–Trinajstić information content (AvgIpc) is 2.63. The monoisotopic (exact) mass is 365 g/mol. The van der Waals surface area contributed by atoms with Gasteiger partial charge in [0.05, 0.1) is 5.56 Å². The molecule has 2 aromatic carbocycles. The number of hydrogen-bond acceptors (Lipinski definition) is 3. The standard InChI is InChI=1S/C23H27NO3/c1-24(2)15-19-11-10-16(12-17-6-3-4-9-21(17)23(26)27)13-22(19)18-7-5-8-20(25)14-18/h3-9,12,14,19,22,25H,10-11,13,15H2,1-2H3,(H,26,27)/b16-12+/t19-,22-/m0/s1. The second kappa shape index (κ2) is 8.40. The molecule has 0 radical (unpaired) electrons. The lowest BCUT2D eigenvalue weighted by Crippen LogP contribution is -2.29. The van der Waals surface area contributed by atoms with Crippen LogP contribution in [0.5, 0.6) is 5.75 Å². The topological polar surface area (TPSA) is 60.8 Å². The molecule has 0 amide bonds. The number of carboxylic acid groups (broad SMARTS) is 1. The van der Waals surface area contributed by atoms with E-state index in [1.54, 1.807) is 18.2 Å². The number of rotatable bonds is 5. The molecule has 0 aromatic heterocycles. The first-order chi connectivity index (χ1) is 12.9. The number of nitrogens with zero attached hydrogens (tertiary/aromatic N) is 1. The molecule has 1 aliphatic carbocycles. The molecule has 0 aliphatic heterocycles. The normalized spacial score (nSPS) is 21.5. The molecule has 0 heterocycles. The van der Waals surface area contributed by atoms with Gasteiger partial charge in [0, 0.05) is 6.54 Å². The molecule has 1 saturated carbocycles. The minimum atomic E-state index is -0.895. The zero-order valence-corrected chi connectivity index (χ0v) is 15.9. The van der Waals surface area contributed by atoms with E-state index >= 15 is 0 Å². The Kier molecular flexibility index (Phi) is 5.97. The fourth-order valence-corrected chi connectivity index (χ4v) is 4.12. The highest BCUT2D eigenvalue weighted by molar-refractivity contribution is 5.92. The van der Waals surface area contributed by atoms with E-state index in [4.69, 9.17) is 0 Å². The molecular formula is C23H27NO3. The van der Waals surface area contributed by atoms with Gasteiger partial charge in [0.1, 0.15) is 5.75 Å². The van der Waals surface area contributed by atoms with Crippen molar-refractivity contribution in [1.82, 2.24) is 4.90 Å². The number of carbonyl (C=O) groups is 1. The van der Waals surface area contributed by atoms with Gasteiger partial charge in [-0.2, -0.15) is 0 Å². The molecule has 27 heavy (non-hydrogen) atoms. The summed E-state index contributed by atoms with van der Waals surface area (Å²) < 4.78 is 0. The van der Waals surface area contributed by atoms with Crippen LogP contribution in [0.25, 0.3) is 6.08 Å². The number of allylic oxidation sites excluding steroid dienone is 1. The SMILES string of the molecule is CN(C)C[C@@H]1CC/C(=C\c2ccccc2C(=O)O)C[C@H]1c1cccc(O)c1. The predicted octanol–water partition coefficient (Wildman–Crippen LogP) is 4.62. The van der Waals surface area contributed by atoms with E-state index in [0.29, 0.717) is 23.1 Å². The fraction of sp³-hybridized carbons (Fsp3) is 0.348. The Bertz CT molecular complexity index is 841. The number of aromatic carboxylic acids is 1. The quantitative estimate of drug-likeness (QED) is 0.812. The van der Waals surface area contributed by atoms with E-state index in [-0.39, 0.29) is 0 Å². The molecule has 1 aliphatic rings. The largest absolute Gasteiger partial charge is 0.508 e. The maximum Gasteiger partial charge on any atom is 0.336 e. The van der Waals surface area contributed by atoms with Crippen molar-refractivity contribution in [1.29, 1.82) is 0 Å². The summed E-state index contributed by atoms with van der Waals surface area (Å²) in [5, 5.41) is 19.4.